The lowest BCUT2D eigenvalue weighted by Crippen LogP contribution is -2.20. The molecule has 0 aliphatic rings. The minimum atomic E-state index is -1.18. The zero-order valence-electron chi connectivity index (χ0n) is 15.8. The van der Waals surface area contributed by atoms with Crippen LogP contribution >= 0.6 is 15.9 Å². The minimum Gasteiger partial charge on any atom is -0.478 e. The van der Waals surface area contributed by atoms with Crippen molar-refractivity contribution < 1.29 is 19.5 Å². The topological polar surface area (TPSA) is 131 Å². The number of hydrogen-bond donors (Lipinski definition) is 4. The molecule has 0 aliphatic heterocycles. The van der Waals surface area contributed by atoms with E-state index in [0.717, 1.165) is 0 Å². The van der Waals surface area contributed by atoms with Gasteiger partial charge in [-0.15, -0.1) is 0 Å². The number of halogens is 1. The highest BCUT2D eigenvalue weighted by atomic mass is 79.9. The molecule has 9 heteroatoms. The van der Waals surface area contributed by atoms with Crippen LogP contribution in [0.25, 0.3) is 0 Å². The van der Waals surface area contributed by atoms with Gasteiger partial charge in [0, 0.05) is 21.4 Å². The van der Waals surface area contributed by atoms with E-state index in [0.29, 0.717) is 21.4 Å². The van der Waals surface area contributed by atoms with Crippen molar-refractivity contribution in [1.29, 1.82) is 5.26 Å². The summed E-state index contributed by atoms with van der Waals surface area (Å²) in [5, 5.41) is 26.0. The maximum atomic E-state index is 12.6. The van der Waals surface area contributed by atoms with Gasteiger partial charge in [-0.05, 0) is 54.6 Å². The average molecular weight is 479 g/mol. The second-order valence-corrected chi connectivity index (χ2v) is 7.22. The third kappa shape index (κ3) is 5.68. The number of rotatable bonds is 5. The first-order valence-electron chi connectivity index (χ1n) is 8.88. The van der Waals surface area contributed by atoms with Crippen LogP contribution in [0, 0.1) is 11.3 Å². The number of hydrogen-bond acceptors (Lipinski definition) is 4. The normalized spacial score (nSPS) is 9.94. The Balaban J connectivity index is 1.71. The van der Waals surface area contributed by atoms with Gasteiger partial charge in [-0.1, -0.05) is 28.1 Å². The number of aromatic carboxylic acids is 1. The van der Waals surface area contributed by atoms with E-state index >= 15 is 0 Å². The Hall–Kier alpha value is -4.16. The Morgan fingerprint density at radius 1 is 0.871 bits per heavy atom. The van der Waals surface area contributed by atoms with E-state index in [1.165, 1.54) is 30.3 Å². The van der Waals surface area contributed by atoms with Crippen molar-refractivity contribution >= 4 is 50.9 Å². The third-order valence-corrected chi connectivity index (χ3v) is 4.59. The molecular weight excluding hydrogens is 464 g/mol. The molecule has 0 aromatic heterocycles. The van der Waals surface area contributed by atoms with Gasteiger partial charge >= 0.3 is 12.0 Å². The molecule has 3 amide bonds. The molecule has 0 unspecified atom stereocenters. The molecule has 154 valence electrons. The first-order chi connectivity index (χ1) is 14.9. The van der Waals surface area contributed by atoms with Gasteiger partial charge in [0.2, 0.25) is 0 Å². The van der Waals surface area contributed by atoms with Gasteiger partial charge in [0.05, 0.1) is 22.9 Å². The summed E-state index contributed by atoms with van der Waals surface area (Å²) in [6.07, 6.45) is 0. The second-order valence-electron chi connectivity index (χ2n) is 6.30. The molecule has 0 bridgehead atoms. The van der Waals surface area contributed by atoms with Crippen molar-refractivity contribution in [2.24, 2.45) is 0 Å². The van der Waals surface area contributed by atoms with Crippen molar-refractivity contribution in [1.82, 2.24) is 0 Å². The Morgan fingerprint density at radius 3 is 2.23 bits per heavy atom. The minimum absolute atomic E-state index is 0.0593. The fourth-order valence-electron chi connectivity index (χ4n) is 2.70. The van der Waals surface area contributed by atoms with Crippen LogP contribution in [0.1, 0.15) is 26.3 Å². The van der Waals surface area contributed by atoms with Gasteiger partial charge in [0.15, 0.2) is 0 Å². The van der Waals surface area contributed by atoms with Crippen LogP contribution in [0.2, 0.25) is 0 Å². The highest BCUT2D eigenvalue weighted by Gasteiger charge is 2.15. The zero-order chi connectivity index (χ0) is 22.4. The first kappa shape index (κ1) is 21.5. The van der Waals surface area contributed by atoms with Gasteiger partial charge < -0.3 is 21.1 Å². The maximum absolute atomic E-state index is 12.6. The van der Waals surface area contributed by atoms with E-state index < -0.39 is 17.9 Å². The standard InChI is InChI=1S/C22H15BrN4O4/c23-15-7-8-19(18(11-15)21(29)30)27-20(28)14-4-2-6-17(10-14)26-22(31)25-16-5-1-3-13(9-16)12-24/h1-11H,(H,27,28)(H,29,30)(H2,25,26,31). The van der Waals surface area contributed by atoms with Crippen LogP contribution in [-0.2, 0) is 0 Å². The van der Waals surface area contributed by atoms with Gasteiger partial charge in [0.25, 0.3) is 5.91 Å². The number of nitriles is 1. The number of nitrogens with one attached hydrogen (secondary N) is 3. The molecule has 3 aromatic carbocycles. The van der Waals surface area contributed by atoms with Gasteiger partial charge in [-0.2, -0.15) is 5.26 Å². The summed E-state index contributed by atoms with van der Waals surface area (Å²) >= 11 is 3.20. The molecule has 0 atom stereocenters. The molecular formula is C22H15BrN4O4. The Kier molecular flexibility index (Phi) is 6.64. The van der Waals surface area contributed by atoms with E-state index in [1.807, 2.05) is 6.07 Å². The quantitative estimate of drug-likeness (QED) is 0.413. The molecule has 0 aliphatic carbocycles. The van der Waals surface area contributed by atoms with Gasteiger partial charge in [-0.25, -0.2) is 9.59 Å². The van der Waals surface area contributed by atoms with Crippen LogP contribution in [0.4, 0.5) is 21.9 Å². The fraction of sp³-hybridized carbons (Fsp3) is 0. The lowest BCUT2D eigenvalue weighted by atomic mass is 10.1. The summed E-state index contributed by atoms with van der Waals surface area (Å²) in [4.78, 5) is 36.2. The number of urea groups is 1. The SMILES string of the molecule is N#Cc1cccc(NC(=O)Nc2cccc(C(=O)Nc3ccc(Br)cc3C(=O)O)c2)c1. The zero-order valence-corrected chi connectivity index (χ0v) is 17.4. The molecule has 3 rings (SSSR count). The first-order valence-corrected chi connectivity index (χ1v) is 9.67. The predicted molar refractivity (Wildman–Crippen MR) is 119 cm³/mol. The molecule has 0 saturated carbocycles. The van der Waals surface area contributed by atoms with Crippen LogP contribution in [0.5, 0.6) is 0 Å². The van der Waals surface area contributed by atoms with Crippen molar-refractivity contribution in [3.05, 3.63) is 87.9 Å². The Morgan fingerprint density at radius 2 is 1.55 bits per heavy atom. The summed E-state index contributed by atoms with van der Waals surface area (Å²) in [5.41, 5.74) is 1.52. The van der Waals surface area contributed by atoms with Crippen molar-refractivity contribution in [2.75, 3.05) is 16.0 Å². The lowest BCUT2D eigenvalue weighted by molar-refractivity contribution is 0.0698. The van der Waals surface area contributed by atoms with E-state index in [-0.39, 0.29) is 16.8 Å². The average Bonchev–Trinajstić information content (AvgIpc) is 2.75. The highest BCUT2D eigenvalue weighted by molar-refractivity contribution is 9.10. The third-order valence-electron chi connectivity index (χ3n) is 4.09. The second kappa shape index (κ2) is 9.56. The molecule has 0 radical (unpaired) electrons. The number of carboxylic acids is 1. The number of nitrogens with zero attached hydrogens (tertiary/aromatic N) is 1. The summed E-state index contributed by atoms with van der Waals surface area (Å²) in [6.45, 7) is 0. The number of carbonyl (C=O) groups excluding carboxylic acids is 2. The van der Waals surface area contributed by atoms with Crippen LogP contribution in [-0.4, -0.2) is 23.0 Å². The van der Waals surface area contributed by atoms with E-state index in [2.05, 4.69) is 31.9 Å². The number of carboxylic acid groups (broad SMARTS) is 1. The number of anilines is 3. The number of carbonyl (C=O) groups is 3. The molecule has 0 saturated heterocycles. The van der Waals surface area contributed by atoms with Crippen LogP contribution in [0.15, 0.2) is 71.2 Å². The monoisotopic (exact) mass is 478 g/mol. The molecule has 0 spiro atoms. The summed E-state index contributed by atoms with van der Waals surface area (Å²) in [7, 11) is 0. The Labute approximate surface area is 185 Å². The Bertz CT molecular complexity index is 1220. The van der Waals surface area contributed by atoms with E-state index in [4.69, 9.17) is 5.26 Å². The van der Waals surface area contributed by atoms with Gasteiger partial charge in [0.1, 0.15) is 0 Å². The van der Waals surface area contributed by atoms with E-state index in [1.54, 1.807) is 36.4 Å². The molecule has 0 fully saturated rings. The molecule has 8 nitrogen and oxygen atoms in total. The summed E-state index contributed by atoms with van der Waals surface area (Å²) in [5.74, 6) is -1.71. The van der Waals surface area contributed by atoms with Crippen molar-refractivity contribution in [2.45, 2.75) is 0 Å². The summed E-state index contributed by atoms with van der Waals surface area (Å²) < 4.78 is 0.570. The van der Waals surface area contributed by atoms with Gasteiger partial charge in [-0.3, -0.25) is 4.79 Å². The molecule has 31 heavy (non-hydrogen) atoms. The smallest absolute Gasteiger partial charge is 0.337 e. The predicted octanol–water partition coefficient (Wildman–Crippen LogP) is 4.92. The van der Waals surface area contributed by atoms with Crippen LogP contribution in [0.3, 0.4) is 0 Å². The lowest BCUT2D eigenvalue weighted by Gasteiger charge is -2.11. The fourth-order valence-corrected chi connectivity index (χ4v) is 3.06. The van der Waals surface area contributed by atoms with E-state index in [9.17, 15) is 19.5 Å². The largest absolute Gasteiger partial charge is 0.478 e. The highest BCUT2D eigenvalue weighted by Crippen LogP contribution is 2.22. The van der Waals surface area contributed by atoms with Crippen molar-refractivity contribution in [3.8, 4) is 6.07 Å². The summed E-state index contributed by atoms with van der Waals surface area (Å²) in [6, 6.07) is 18.5. The maximum Gasteiger partial charge on any atom is 0.337 e. The number of amides is 3. The van der Waals surface area contributed by atoms with Crippen LogP contribution < -0.4 is 16.0 Å². The number of benzene rings is 3. The molecule has 3 aromatic rings. The molecule has 4 N–H and O–H groups in total. The molecule has 0 heterocycles. The van der Waals surface area contributed by atoms with Crippen molar-refractivity contribution in [3.63, 3.8) is 0 Å².